The number of carbonyl (C=O) groups is 1. The summed E-state index contributed by atoms with van der Waals surface area (Å²) < 4.78 is 34.7. The van der Waals surface area contributed by atoms with Crippen LogP contribution >= 0.6 is 0 Å². The quantitative estimate of drug-likeness (QED) is 0.517. The van der Waals surface area contributed by atoms with Crippen LogP contribution in [-0.4, -0.2) is 37.2 Å². The number of halogens is 2. The van der Waals surface area contributed by atoms with Gasteiger partial charge in [-0.05, 0) is 36.4 Å². The number of nitrogens with zero attached hydrogens (tertiary/aromatic N) is 5. The van der Waals surface area contributed by atoms with E-state index >= 15 is 0 Å². The summed E-state index contributed by atoms with van der Waals surface area (Å²) in [7, 11) is 1.24. The van der Waals surface area contributed by atoms with Crippen molar-refractivity contribution in [2.75, 3.05) is 7.11 Å². The van der Waals surface area contributed by atoms with Crippen molar-refractivity contribution in [2.24, 2.45) is 0 Å². The van der Waals surface area contributed by atoms with Gasteiger partial charge in [0.25, 0.3) is 0 Å². The van der Waals surface area contributed by atoms with Crippen molar-refractivity contribution >= 4 is 11.6 Å². The topological polar surface area (TPSA) is 74.3 Å². The number of ether oxygens (including phenoxy) is 1. The fraction of sp³-hybridized carbons (Fsp3) is 0.111. The smallest absolute Gasteiger partial charge is 0.375 e. The second-order valence-electron chi connectivity index (χ2n) is 5.72. The van der Waals surface area contributed by atoms with Gasteiger partial charge >= 0.3 is 5.97 Å². The Kier molecular flexibility index (Phi) is 4.11. The number of esters is 1. The first-order valence-electron chi connectivity index (χ1n) is 7.95. The number of hydrogen-bond acceptors (Lipinski definition) is 5. The number of carbonyl (C=O) groups excluding carboxylic acids is 1. The summed E-state index contributed by atoms with van der Waals surface area (Å²) in [4.78, 5) is 20.3. The molecule has 27 heavy (non-hydrogen) atoms. The van der Waals surface area contributed by atoms with Gasteiger partial charge in [0.15, 0.2) is 0 Å². The van der Waals surface area contributed by atoms with Crippen molar-refractivity contribution in [3.05, 3.63) is 72.1 Å². The summed E-state index contributed by atoms with van der Waals surface area (Å²) >= 11 is 0. The third-order valence-corrected chi connectivity index (χ3v) is 4.08. The van der Waals surface area contributed by atoms with Gasteiger partial charge in [-0.25, -0.2) is 28.2 Å². The molecule has 0 atom stereocenters. The lowest BCUT2D eigenvalue weighted by molar-refractivity contribution is 0.0580. The minimum Gasteiger partial charge on any atom is -0.463 e. The third-order valence-electron chi connectivity index (χ3n) is 4.08. The molecule has 4 rings (SSSR count). The van der Waals surface area contributed by atoms with Gasteiger partial charge in [-0.1, -0.05) is 0 Å². The van der Waals surface area contributed by atoms with Crippen LogP contribution in [0.4, 0.5) is 8.78 Å². The molecular formula is C18H13F2N5O2. The molecule has 0 radical (unpaired) electrons. The number of benzene rings is 1. The predicted molar refractivity (Wildman–Crippen MR) is 91.0 cm³/mol. The maximum absolute atomic E-state index is 13.8. The first-order chi connectivity index (χ1) is 13.1. The number of fused-ring (bicyclic) bond motifs is 1. The number of pyridine rings is 1. The van der Waals surface area contributed by atoms with E-state index in [2.05, 4.69) is 15.1 Å². The molecule has 0 unspecified atom stereocenters. The first-order valence-corrected chi connectivity index (χ1v) is 7.95. The number of methoxy groups -OCH3 is 1. The second-order valence-corrected chi connectivity index (χ2v) is 5.72. The van der Waals surface area contributed by atoms with Crippen molar-refractivity contribution in [1.29, 1.82) is 0 Å². The van der Waals surface area contributed by atoms with E-state index in [1.807, 2.05) is 0 Å². The monoisotopic (exact) mass is 369 g/mol. The summed E-state index contributed by atoms with van der Waals surface area (Å²) in [5.74, 6) is -1.46. The Labute approximate surface area is 151 Å². The van der Waals surface area contributed by atoms with Crippen LogP contribution in [0.25, 0.3) is 16.9 Å². The van der Waals surface area contributed by atoms with E-state index in [9.17, 15) is 13.6 Å². The Bertz CT molecular complexity index is 1130. The molecule has 0 N–H and O–H groups in total. The zero-order valence-corrected chi connectivity index (χ0v) is 14.1. The maximum Gasteiger partial charge on any atom is 0.375 e. The fourth-order valence-electron chi connectivity index (χ4n) is 2.83. The molecule has 3 heterocycles. The Morgan fingerprint density at radius 2 is 1.85 bits per heavy atom. The summed E-state index contributed by atoms with van der Waals surface area (Å²) in [5.41, 5.74) is 2.24. The summed E-state index contributed by atoms with van der Waals surface area (Å²) in [6.07, 6.45) is 2.52. The van der Waals surface area contributed by atoms with Crippen molar-refractivity contribution < 1.29 is 18.3 Å². The van der Waals surface area contributed by atoms with Gasteiger partial charge in [-0.2, -0.15) is 5.10 Å². The lowest BCUT2D eigenvalue weighted by Gasteiger charge is -2.08. The van der Waals surface area contributed by atoms with Gasteiger partial charge in [-0.3, -0.25) is 4.40 Å². The standard InChI is InChI=1S/C18H13F2N5O2/c1-27-18(26)17-21-10-22-25(17)9-14-16(11-2-4-12(19)5-3-11)23-15-7-6-13(20)8-24(14)15/h2-8,10H,9H2,1H3. The van der Waals surface area contributed by atoms with E-state index in [1.54, 1.807) is 16.5 Å². The molecule has 0 fully saturated rings. The van der Waals surface area contributed by atoms with E-state index in [1.165, 1.54) is 48.6 Å². The van der Waals surface area contributed by atoms with Gasteiger partial charge in [0.1, 0.15) is 23.6 Å². The Balaban J connectivity index is 1.89. The predicted octanol–water partition coefficient (Wildman–Crippen LogP) is 2.71. The second kappa shape index (κ2) is 6.60. The van der Waals surface area contributed by atoms with Crippen molar-refractivity contribution in [3.8, 4) is 11.3 Å². The normalized spacial score (nSPS) is 11.1. The summed E-state index contributed by atoms with van der Waals surface area (Å²) in [6.45, 7) is 0.0851. The average Bonchev–Trinajstić information content (AvgIpc) is 3.27. The number of aromatic nitrogens is 5. The zero-order chi connectivity index (χ0) is 19.0. The summed E-state index contributed by atoms with van der Waals surface area (Å²) in [6, 6.07) is 8.64. The molecule has 7 nitrogen and oxygen atoms in total. The molecule has 136 valence electrons. The molecule has 0 saturated heterocycles. The molecule has 0 aliphatic heterocycles. The van der Waals surface area contributed by atoms with Crippen LogP contribution in [0.1, 0.15) is 16.3 Å². The maximum atomic E-state index is 13.8. The van der Waals surface area contributed by atoms with Gasteiger partial charge < -0.3 is 4.74 Å². The number of imidazole rings is 1. The molecule has 1 aromatic carbocycles. The van der Waals surface area contributed by atoms with Crippen LogP contribution in [-0.2, 0) is 11.3 Å². The summed E-state index contributed by atoms with van der Waals surface area (Å²) in [5, 5.41) is 4.05. The molecule has 0 bridgehead atoms. The largest absolute Gasteiger partial charge is 0.463 e. The van der Waals surface area contributed by atoms with Crippen LogP contribution in [0, 0.1) is 11.6 Å². The lowest BCUT2D eigenvalue weighted by atomic mass is 10.1. The van der Waals surface area contributed by atoms with E-state index in [-0.39, 0.29) is 18.2 Å². The van der Waals surface area contributed by atoms with E-state index in [4.69, 9.17) is 4.74 Å². The molecule has 9 heteroatoms. The number of rotatable bonds is 4. The molecule has 3 aromatic heterocycles. The van der Waals surface area contributed by atoms with Crippen molar-refractivity contribution in [3.63, 3.8) is 0 Å². The fourth-order valence-corrected chi connectivity index (χ4v) is 2.83. The molecule has 0 saturated carbocycles. The van der Waals surface area contributed by atoms with Crippen molar-refractivity contribution in [2.45, 2.75) is 6.54 Å². The number of hydrogen-bond donors (Lipinski definition) is 0. The molecular weight excluding hydrogens is 356 g/mol. The van der Waals surface area contributed by atoms with Crippen LogP contribution in [0.5, 0.6) is 0 Å². The highest BCUT2D eigenvalue weighted by Crippen LogP contribution is 2.26. The van der Waals surface area contributed by atoms with Gasteiger partial charge in [0, 0.05) is 11.8 Å². The Morgan fingerprint density at radius 1 is 1.11 bits per heavy atom. The minimum absolute atomic E-state index is 0.00825. The van der Waals surface area contributed by atoms with E-state index in [0.29, 0.717) is 22.6 Å². The minimum atomic E-state index is -0.643. The highest BCUT2D eigenvalue weighted by molar-refractivity contribution is 5.85. The lowest BCUT2D eigenvalue weighted by Crippen LogP contribution is -2.15. The van der Waals surface area contributed by atoms with Gasteiger partial charge in [-0.15, -0.1) is 0 Å². The molecule has 0 spiro atoms. The SMILES string of the molecule is COC(=O)c1ncnn1Cc1c(-c2ccc(F)cc2)nc2ccc(F)cn12. The van der Waals surface area contributed by atoms with E-state index in [0.717, 1.165) is 0 Å². The van der Waals surface area contributed by atoms with Crippen LogP contribution in [0.2, 0.25) is 0 Å². The van der Waals surface area contributed by atoms with Gasteiger partial charge in [0.05, 0.1) is 25.0 Å². The molecule has 0 aliphatic rings. The van der Waals surface area contributed by atoms with Crippen molar-refractivity contribution in [1.82, 2.24) is 24.1 Å². The van der Waals surface area contributed by atoms with Crippen LogP contribution in [0.3, 0.4) is 0 Å². The molecule has 0 amide bonds. The van der Waals surface area contributed by atoms with E-state index < -0.39 is 11.8 Å². The highest BCUT2D eigenvalue weighted by Gasteiger charge is 2.20. The molecule has 4 aromatic rings. The average molecular weight is 369 g/mol. The molecule has 0 aliphatic carbocycles. The highest BCUT2D eigenvalue weighted by atomic mass is 19.1. The van der Waals surface area contributed by atoms with Crippen LogP contribution in [0.15, 0.2) is 48.9 Å². The van der Waals surface area contributed by atoms with Crippen LogP contribution < -0.4 is 0 Å². The zero-order valence-electron chi connectivity index (χ0n) is 14.1. The Hall–Kier alpha value is -3.62. The van der Waals surface area contributed by atoms with Gasteiger partial charge in [0.2, 0.25) is 5.82 Å². The third kappa shape index (κ3) is 3.03. The first kappa shape index (κ1) is 16.8. The Morgan fingerprint density at radius 3 is 2.59 bits per heavy atom.